The summed E-state index contributed by atoms with van der Waals surface area (Å²) in [6.45, 7) is 6.67. The predicted molar refractivity (Wildman–Crippen MR) is 63.0 cm³/mol. The van der Waals surface area contributed by atoms with Gasteiger partial charge >= 0.3 is 0 Å². The highest BCUT2D eigenvalue weighted by molar-refractivity contribution is 8.00. The van der Waals surface area contributed by atoms with Crippen LogP contribution < -0.4 is 5.32 Å². The molecular weight excluding hydrogens is 190 g/mol. The van der Waals surface area contributed by atoms with Crippen LogP contribution in [-0.2, 0) is 0 Å². The third-order valence-corrected chi connectivity index (χ3v) is 4.31. The Bertz CT molecular complexity index is 360. The van der Waals surface area contributed by atoms with E-state index in [4.69, 9.17) is 0 Å². The van der Waals surface area contributed by atoms with Crippen molar-refractivity contribution in [1.29, 1.82) is 0 Å². The van der Waals surface area contributed by atoms with Crippen molar-refractivity contribution in [3.05, 3.63) is 28.8 Å². The minimum absolute atomic E-state index is 0.522. The van der Waals surface area contributed by atoms with Gasteiger partial charge in [0.2, 0.25) is 0 Å². The number of hydrogen-bond donors (Lipinski definition) is 1. The van der Waals surface area contributed by atoms with E-state index in [0.717, 1.165) is 0 Å². The Morgan fingerprint density at radius 3 is 2.50 bits per heavy atom. The maximum absolute atomic E-state index is 3.40. The second-order valence-corrected chi connectivity index (χ2v) is 5.48. The molecule has 76 valence electrons. The molecule has 0 aromatic heterocycles. The summed E-state index contributed by atoms with van der Waals surface area (Å²) < 4.78 is 0. The van der Waals surface area contributed by atoms with Gasteiger partial charge in [-0.05, 0) is 43.7 Å². The summed E-state index contributed by atoms with van der Waals surface area (Å²) in [5, 5.41) is 4.04. The Labute approximate surface area is 90.3 Å². The molecule has 0 fully saturated rings. The average Bonchev–Trinajstić information content (AvgIpc) is 2.42. The van der Waals surface area contributed by atoms with Crippen molar-refractivity contribution in [3.63, 3.8) is 0 Å². The fourth-order valence-electron chi connectivity index (χ4n) is 2.07. The van der Waals surface area contributed by atoms with Gasteiger partial charge in [0.05, 0.1) is 0 Å². The Morgan fingerprint density at radius 2 is 1.86 bits per heavy atom. The molecule has 0 spiro atoms. The summed E-state index contributed by atoms with van der Waals surface area (Å²) in [4.78, 5) is 1.46. The van der Waals surface area contributed by atoms with Gasteiger partial charge in [-0.3, -0.25) is 0 Å². The number of benzene rings is 1. The summed E-state index contributed by atoms with van der Waals surface area (Å²) >= 11 is 1.98. The molecule has 2 unspecified atom stereocenters. The summed E-state index contributed by atoms with van der Waals surface area (Å²) in [5.74, 6) is 0. The largest absolute Gasteiger partial charge is 0.312 e. The summed E-state index contributed by atoms with van der Waals surface area (Å²) in [5.41, 5.74) is 4.28. The monoisotopic (exact) mass is 207 g/mol. The lowest BCUT2D eigenvalue weighted by atomic mass is 10.00. The highest BCUT2D eigenvalue weighted by Gasteiger charge is 2.29. The molecule has 1 aliphatic heterocycles. The fraction of sp³-hybridized carbons (Fsp3) is 0.500. The molecule has 14 heavy (non-hydrogen) atoms. The zero-order chi connectivity index (χ0) is 10.3. The van der Waals surface area contributed by atoms with Gasteiger partial charge < -0.3 is 5.32 Å². The zero-order valence-corrected chi connectivity index (χ0v) is 10.0. The first-order valence-electron chi connectivity index (χ1n) is 5.08. The smallest absolute Gasteiger partial charge is 0.0450 e. The van der Waals surface area contributed by atoms with Crippen molar-refractivity contribution in [2.75, 3.05) is 7.05 Å². The third kappa shape index (κ3) is 1.47. The van der Waals surface area contributed by atoms with Crippen molar-refractivity contribution in [1.82, 2.24) is 5.32 Å². The van der Waals surface area contributed by atoms with Crippen LogP contribution in [0.3, 0.4) is 0 Å². The Hall–Kier alpha value is -0.470. The Kier molecular flexibility index (Phi) is 2.58. The highest BCUT2D eigenvalue weighted by atomic mass is 32.2. The molecule has 1 nitrogen and oxygen atoms in total. The minimum Gasteiger partial charge on any atom is -0.312 e. The molecule has 0 aliphatic carbocycles. The summed E-state index contributed by atoms with van der Waals surface area (Å²) in [6, 6.07) is 5.18. The quantitative estimate of drug-likeness (QED) is 0.759. The van der Waals surface area contributed by atoms with E-state index in [2.05, 4.69) is 38.2 Å². The van der Waals surface area contributed by atoms with Crippen molar-refractivity contribution in [2.45, 2.75) is 37.0 Å². The lowest BCUT2D eigenvalue weighted by Gasteiger charge is -2.14. The molecule has 1 aromatic carbocycles. The van der Waals surface area contributed by atoms with E-state index >= 15 is 0 Å². The normalized spacial score (nSPS) is 25.1. The molecule has 1 aliphatic rings. The summed E-state index contributed by atoms with van der Waals surface area (Å²) in [7, 11) is 2.05. The van der Waals surface area contributed by atoms with E-state index in [1.807, 2.05) is 18.8 Å². The van der Waals surface area contributed by atoms with Crippen LogP contribution in [0.5, 0.6) is 0 Å². The van der Waals surface area contributed by atoms with Crippen LogP contribution in [0.25, 0.3) is 0 Å². The van der Waals surface area contributed by atoms with E-state index in [1.54, 1.807) is 0 Å². The van der Waals surface area contributed by atoms with Gasteiger partial charge in [-0.2, -0.15) is 0 Å². The molecule has 0 saturated heterocycles. The van der Waals surface area contributed by atoms with Crippen molar-refractivity contribution in [3.8, 4) is 0 Å². The zero-order valence-electron chi connectivity index (χ0n) is 9.22. The van der Waals surface area contributed by atoms with E-state index in [-0.39, 0.29) is 0 Å². The molecule has 0 bridgehead atoms. The predicted octanol–water partition coefficient (Wildman–Crippen LogP) is 3.06. The standard InChI is InChI=1S/C12H17NS/c1-7-5-10-11(6-8(7)2)14-9(3)12(10)13-4/h5-6,9,12-13H,1-4H3. The summed E-state index contributed by atoms with van der Waals surface area (Å²) in [6.07, 6.45) is 0. The van der Waals surface area contributed by atoms with Crippen LogP contribution in [0.4, 0.5) is 0 Å². The molecule has 1 aromatic rings. The first kappa shape index (κ1) is 10.1. The van der Waals surface area contributed by atoms with Gasteiger partial charge in [0.1, 0.15) is 0 Å². The van der Waals surface area contributed by atoms with E-state index in [0.29, 0.717) is 11.3 Å². The van der Waals surface area contributed by atoms with Gasteiger partial charge in [-0.1, -0.05) is 13.0 Å². The molecule has 0 radical (unpaired) electrons. The van der Waals surface area contributed by atoms with E-state index in [1.165, 1.54) is 21.6 Å². The lowest BCUT2D eigenvalue weighted by molar-refractivity contribution is 0.595. The van der Waals surface area contributed by atoms with Crippen LogP contribution in [0, 0.1) is 13.8 Å². The average molecular weight is 207 g/mol. The minimum atomic E-state index is 0.522. The molecule has 2 heteroatoms. The SMILES string of the molecule is CNC1c2cc(C)c(C)cc2SC1C. The van der Waals surface area contributed by atoms with Crippen LogP contribution in [-0.4, -0.2) is 12.3 Å². The van der Waals surface area contributed by atoms with E-state index in [9.17, 15) is 0 Å². The van der Waals surface area contributed by atoms with Crippen LogP contribution in [0.2, 0.25) is 0 Å². The molecule has 0 saturated carbocycles. The van der Waals surface area contributed by atoms with E-state index < -0.39 is 0 Å². The number of fused-ring (bicyclic) bond motifs is 1. The van der Waals surface area contributed by atoms with Gasteiger partial charge in [0.25, 0.3) is 0 Å². The van der Waals surface area contributed by atoms with Crippen LogP contribution in [0.1, 0.15) is 29.7 Å². The third-order valence-electron chi connectivity index (χ3n) is 3.05. The molecule has 1 heterocycles. The number of aryl methyl sites for hydroxylation is 2. The fourth-order valence-corrected chi connectivity index (χ4v) is 3.45. The molecule has 2 rings (SSSR count). The maximum atomic E-state index is 3.40. The van der Waals surface area contributed by atoms with Crippen molar-refractivity contribution in [2.24, 2.45) is 0 Å². The number of rotatable bonds is 1. The Balaban J connectivity index is 2.49. The lowest BCUT2D eigenvalue weighted by Crippen LogP contribution is -2.21. The second-order valence-electron chi connectivity index (χ2n) is 4.06. The van der Waals surface area contributed by atoms with Crippen molar-refractivity contribution >= 4 is 11.8 Å². The Morgan fingerprint density at radius 1 is 1.21 bits per heavy atom. The van der Waals surface area contributed by atoms with Crippen molar-refractivity contribution < 1.29 is 0 Å². The molecule has 1 N–H and O–H groups in total. The molecular formula is C12H17NS. The first-order valence-corrected chi connectivity index (χ1v) is 5.96. The van der Waals surface area contributed by atoms with Gasteiger partial charge in [0, 0.05) is 16.2 Å². The van der Waals surface area contributed by atoms with Crippen LogP contribution >= 0.6 is 11.8 Å². The molecule has 0 amide bonds. The van der Waals surface area contributed by atoms with Gasteiger partial charge in [-0.25, -0.2) is 0 Å². The van der Waals surface area contributed by atoms with Gasteiger partial charge in [-0.15, -0.1) is 11.8 Å². The topological polar surface area (TPSA) is 12.0 Å². The van der Waals surface area contributed by atoms with Gasteiger partial charge in [0.15, 0.2) is 0 Å². The number of hydrogen-bond acceptors (Lipinski definition) is 2. The van der Waals surface area contributed by atoms with Crippen LogP contribution in [0.15, 0.2) is 17.0 Å². The highest BCUT2D eigenvalue weighted by Crippen LogP contribution is 2.44. The number of nitrogens with one attached hydrogen (secondary N) is 1. The maximum Gasteiger partial charge on any atom is 0.0450 e. The second kappa shape index (κ2) is 3.59. The molecule has 2 atom stereocenters. The first-order chi connectivity index (χ1) is 6.63. The number of thioether (sulfide) groups is 1.